The number of amides is 1. The van der Waals surface area contributed by atoms with Crippen LogP contribution in [0.2, 0.25) is 0 Å². The van der Waals surface area contributed by atoms with Crippen molar-refractivity contribution in [2.45, 2.75) is 19.3 Å². The summed E-state index contributed by atoms with van der Waals surface area (Å²) in [4.78, 5) is 14.4. The maximum atomic E-state index is 12.4. The zero-order chi connectivity index (χ0) is 23.0. The summed E-state index contributed by atoms with van der Waals surface area (Å²) in [6.45, 7) is 0.797. The second kappa shape index (κ2) is 10.6. The van der Waals surface area contributed by atoms with Gasteiger partial charge in [-0.15, -0.1) is 5.10 Å². The first-order valence-corrected chi connectivity index (χ1v) is 11.0. The van der Waals surface area contributed by atoms with E-state index in [1.807, 2.05) is 85.0 Å². The summed E-state index contributed by atoms with van der Waals surface area (Å²) in [5.74, 6) is -0.0906. The zero-order valence-electron chi connectivity index (χ0n) is 18.6. The van der Waals surface area contributed by atoms with Crippen molar-refractivity contribution in [1.82, 2.24) is 19.9 Å². The minimum Gasteiger partial charge on any atom is -0.396 e. The molecule has 8 heteroatoms. The second-order valence-corrected chi connectivity index (χ2v) is 7.99. The lowest BCUT2D eigenvalue weighted by Gasteiger charge is -2.19. The molecular weight excluding hydrogens is 416 g/mol. The molecule has 0 bridgehead atoms. The van der Waals surface area contributed by atoms with E-state index in [1.54, 1.807) is 4.68 Å². The number of aromatic nitrogens is 3. The minimum atomic E-state index is -0.0906. The van der Waals surface area contributed by atoms with Gasteiger partial charge in [0.25, 0.3) is 5.91 Å². The van der Waals surface area contributed by atoms with Crippen LogP contribution in [0.3, 0.4) is 0 Å². The summed E-state index contributed by atoms with van der Waals surface area (Å²) < 4.78 is 1.75. The molecule has 1 aromatic heterocycles. The summed E-state index contributed by atoms with van der Waals surface area (Å²) in [6, 6.07) is 15.5. The number of aliphatic hydroxyl groups is 1. The third kappa shape index (κ3) is 6.08. The lowest BCUT2D eigenvalue weighted by atomic mass is 10.1. The number of rotatable bonds is 9. The van der Waals surface area contributed by atoms with Crippen LogP contribution in [0, 0.1) is 0 Å². The standard InChI is InChI=1S/C25H28N6O2/c1-30-15-4-5-19(17-30)25(33)27-22-9-7-20(8-10-22)26-21-11-13-24(14-12-21)31-18-23(28-29-31)6-2-3-16-32/h4-5,7-15,18,26,32H,2-3,6,16-17H2,1H3,(H,27,33). The Morgan fingerprint density at radius 3 is 2.42 bits per heavy atom. The molecule has 4 rings (SSSR count). The van der Waals surface area contributed by atoms with E-state index in [1.165, 1.54) is 0 Å². The summed E-state index contributed by atoms with van der Waals surface area (Å²) in [5, 5.41) is 23.6. The van der Waals surface area contributed by atoms with Gasteiger partial charge in [0, 0.05) is 42.8 Å². The first kappa shape index (κ1) is 22.3. The van der Waals surface area contributed by atoms with E-state index in [4.69, 9.17) is 5.11 Å². The third-order valence-corrected chi connectivity index (χ3v) is 5.29. The molecule has 0 saturated carbocycles. The highest BCUT2D eigenvalue weighted by atomic mass is 16.2. The molecule has 2 aromatic carbocycles. The van der Waals surface area contributed by atoms with Gasteiger partial charge in [0.2, 0.25) is 0 Å². The summed E-state index contributed by atoms with van der Waals surface area (Å²) in [7, 11) is 1.94. The normalized spacial score (nSPS) is 13.0. The van der Waals surface area contributed by atoms with Crippen LogP contribution in [-0.2, 0) is 11.2 Å². The van der Waals surface area contributed by atoms with Crippen molar-refractivity contribution in [2.24, 2.45) is 0 Å². The number of anilines is 3. The number of aliphatic hydroxyl groups excluding tert-OH is 1. The number of benzene rings is 2. The SMILES string of the molecule is CN1C=CC=C(C(=O)Nc2ccc(Nc3ccc(-n4cc(CCCCO)nn4)cc3)cc2)C1. The molecule has 0 atom stereocenters. The molecule has 0 fully saturated rings. The minimum absolute atomic E-state index is 0.0906. The lowest BCUT2D eigenvalue weighted by molar-refractivity contribution is -0.113. The molecule has 8 nitrogen and oxygen atoms in total. The van der Waals surface area contributed by atoms with Crippen molar-refractivity contribution >= 4 is 23.0 Å². The van der Waals surface area contributed by atoms with Crippen molar-refractivity contribution in [1.29, 1.82) is 0 Å². The first-order chi connectivity index (χ1) is 16.1. The smallest absolute Gasteiger partial charge is 0.253 e. The number of hydrogen-bond acceptors (Lipinski definition) is 6. The van der Waals surface area contributed by atoms with Gasteiger partial charge in [-0.1, -0.05) is 11.3 Å². The summed E-state index contributed by atoms with van der Waals surface area (Å²) >= 11 is 0. The Morgan fingerprint density at radius 2 is 1.73 bits per heavy atom. The largest absolute Gasteiger partial charge is 0.396 e. The molecule has 0 aliphatic carbocycles. The van der Waals surface area contributed by atoms with Gasteiger partial charge in [-0.25, -0.2) is 4.68 Å². The molecule has 2 heterocycles. The van der Waals surface area contributed by atoms with E-state index >= 15 is 0 Å². The number of nitrogens with zero attached hydrogens (tertiary/aromatic N) is 4. The molecule has 0 spiro atoms. The highest BCUT2D eigenvalue weighted by molar-refractivity contribution is 6.04. The topological polar surface area (TPSA) is 95.3 Å². The Kier molecular flexibility index (Phi) is 7.16. The highest BCUT2D eigenvalue weighted by Crippen LogP contribution is 2.21. The highest BCUT2D eigenvalue weighted by Gasteiger charge is 2.12. The number of carbonyl (C=O) groups excluding carboxylic acids is 1. The summed E-state index contributed by atoms with van der Waals surface area (Å²) in [6.07, 6.45) is 10.0. The van der Waals surface area contributed by atoms with E-state index < -0.39 is 0 Å². The van der Waals surface area contributed by atoms with Crippen molar-refractivity contribution in [2.75, 3.05) is 30.8 Å². The lowest BCUT2D eigenvalue weighted by Crippen LogP contribution is -2.25. The summed E-state index contributed by atoms with van der Waals surface area (Å²) in [5.41, 5.74) is 5.19. The second-order valence-electron chi connectivity index (χ2n) is 7.99. The average molecular weight is 445 g/mol. The maximum Gasteiger partial charge on any atom is 0.253 e. The predicted octanol–water partition coefficient (Wildman–Crippen LogP) is 3.65. The molecule has 0 unspecified atom stereocenters. The van der Waals surface area contributed by atoms with E-state index in [-0.39, 0.29) is 12.5 Å². The molecule has 1 aliphatic rings. The van der Waals surface area contributed by atoms with E-state index in [2.05, 4.69) is 20.9 Å². The predicted molar refractivity (Wildman–Crippen MR) is 130 cm³/mol. The quantitative estimate of drug-likeness (QED) is 0.436. The van der Waals surface area contributed by atoms with Crippen LogP contribution in [0.1, 0.15) is 18.5 Å². The number of hydrogen-bond donors (Lipinski definition) is 3. The fourth-order valence-corrected chi connectivity index (χ4v) is 3.50. The van der Waals surface area contributed by atoms with Gasteiger partial charge < -0.3 is 20.6 Å². The molecule has 1 amide bonds. The van der Waals surface area contributed by atoms with Crippen LogP contribution >= 0.6 is 0 Å². The third-order valence-electron chi connectivity index (χ3n) is 5.29. The fourth-order valence-electron chi connectivity index (χ4n) is 3.50. The van der Waals surface area contributed by atoms with Crippen molar-refractivity contribution in [3.63, 3.8) is 0 Å². The molecule has 3 N–H and O–H groups in total. The fraction of sp³-hybridized carbons (Fsp3) is 0.240. The van der Waals surface area contributed by atoms with E-state index in [0.29, 0.717) is 6.54 Å². The Bertz CT molecular complexity index is 1130. The van der Waals surface area contributed by atoms with Gasteiger partial charge >= 0.3 is 0 Å². The molecule has 33 heavy (non-hydrogen) atoms. The monoisotopic (exact) mass is 444 g/mol. The molecule has 0 saturated heterocycles. The van der Waals surface area contributed by atoms with Crippen molar-refractivity contribution in [3.05, 3.63) is 84.3 Å². The van der Waals surface area contributed by atoms with Crippen LogP contribution in [0.25, 0.3) is 5.69 Å². The molecule has 3 aromatic rings. The number of unbranched alkanes of at least 4 members (excludes halogenated alkanes) is 1. The number of carbonyl (C=O) groups is 1. The zero-order valence-corrected chi connectivity index (χ0v) is 18.6. The average Bonchev–Trinajstić information content (AvgIpc) is 3.30. The van der Waals surface area contributed by atoms with Gasteiger partial charge in [-0.3, -0.25) is 4.79 Å². The van der Waals surface area contributed by atoms with Gasteiger partial charge in [0.1, 0.15) is 0 Å². The Hall–Kier alpha value is -3.91. The number of aryl methyl sites for hydroxylation is 1. The van der Waals surface area contributed by atoms with Crippen LogP contribution in [0.4, 0.5) is 17.1 Å². The van der Waals surface area contributed by atoms with Crippen molar-refractivity contribution in [3.8, 4) is 5.69 Å². The number of likely N-dealkylation sites (N-methyl/N-ethyl adjacent to an activating group) is 1. The number of nitrogens with one attached hydrogen (secondary N) is 2. The first-order valence-electron chi connectivity index (χ1n) is 11.0. The molecule has 1 aliphatic heterocycles. The van der Waals surface area contributed by atoms with Crippen LogP contribution in [0.5, 0.6) is 0 Å². The van der Waals surface area contributed by atoms with Gasteiger partial charge in [-0.2, -0.15) is 0 Å². The molecule has 170 valence electrons. The van der Waals surface area contributed by atoms with E-state index in [9.17, 15) is 4.79 Å². The van der Waals surface area contributed by atoms with Crippen molar-refractivity contribution < 1.29 is 9.90 Å². The number of allylic oxidation sites excluding steroid dienone is 2. The van der Waals surface area contributed by atoms with Crippen LogP contribution < -0.4 is 10.6 Å². The Labute approximate surface area is 193 Å². The van der Waals surface area contributed by atoms with Gasteiger partial charge in [0.15, 0.2) is 0 Å². The maximum absolute atomic E-state index is 12.4. The Morgan fingerprint density at radius 1 is 1.03 bits per heavy atom. The van der Waals surface area contributed by atoms with Gasteiger partial charge in [-0.05, 0) is 80.1 Å². The Balaban J connectivity index is 1.32. The van der Waals surface area contributed by atoms with Crippen LogP contribution in [-0.4, -0.2) is 51.1 Å². The molecular formula is C25H28N6O2. The van der Waals surface area contributed by atoms with Crippen LogP contribution in [0.15, 0.2) is 78.7 Å². The molecule has 0 radical (unpaired) electrons. The van der Waals surface area contributed by atoms with E-state index in [0.717, 1.165) is 53.3 Å². The van der Waals surface area contributed by atoms with Gasteiger partial charge in [0.05, 0.1) is 17.6 Å².